The Hall–Kier alpha value is -2.11. The number of aromatic nitrogens is 1. The van der Waals surface area contributed by atoms with Gasteiger partial charge in [-0.15, -0.1) is 0 Å². The predicted molar refractivity (Wildman–Crippen MR) is 70.2 cm³/mol. The molecule has 0 atom stereocenters. The van der Waals surface area contributed by atoms with E-state index in [4.69, 9.17) is 5.11 Å². The molecule has 19 heavy (non-hydrogen) atoms. The molecule has 1 aromatic rings. The number of amides is 1. The third-order valence-corrected chi connectivity index (χ3v) is 3.15. The van der Waals surface area contributed by atoms with E-state index >= 15 is 0 Å². The monoisotopic (exact) mass is 263 g/mol. The molecule has 1 aromatic heterocycles. The highest BCUT2D eigenvalue weighted by Crippen LogP contribution is 2.24. The van der Waals surface area contributed by atoms with Gasteiger partial charge < -0.3 is 14.9 Å². The Morgan fingerprint density at radius 2 is 2.11 bits per heavy atom. The molecule has 1 saturated heterocycles. The number of rotatable bonds is 4. The van der Waals surface area contributed by atoms with Crippen LogP contribution in [0.1, 0.15) is 16.8 Å². The first-order chi connectivity index (χ1) is 8.97. The lowest BCUT2D eigenvalue weighted by atomic mass is 9.96. The Morgan fingerprint density at radius 3 is 2.58 bits per heavy atom. The minimum atomic E-state index is -0.760. The van der Waals surface area contributed by atoms with Crippen LogP contribution < -0.4 is 4.90 Å². The van der Waals surface area contributed by atoms with Gasteiger partial charge in [-0.1, -0.05) is 0 Å². The molecule has 0 unspecified atom stereocenters. The van der Waals surface area contributed by atoms with Crippen LogP contribution in [0.2, 0.25) is 0 Å². The maximum atomic E-state index is 11.7. The molecule has 0 bridgehead atoms. The summed E-state index contributed by atoms with van der Waals surface area (Å²) in [6.45, 7) is 1.42. The topological polar surface area (TPSA) is 73.7 Å². The highest BCUT2D eigenvalue weighted by atomic mass is 16.4. The lowest BCUT2D eigenvalue weighted by Gasteiger charge is -2.39. The number of carboxylic acids is 1. The van der Waals surface area contributed by atoms with Crippen LogP contribution in [0.3, 0.4) is 0 Å². The molecule has 0 aromatic carbocycles. The molecule has 1 aliphatic heterocycles. The molecule has 1 aliphatic rings. The Morgan fingerprint density at radius 1 is 1.42 bits per heavy atom. The number of aliphatic carboxylic acids is 1. The summed E-state index contributed by atoms with van der Waals surface area (Å²) in [6, 6.07) is 3.54. The molecule has 0 aliphatic carbocycles. The van der Waals surface area contributed by atoms with Crippen LogP contribution in [0, 0.1) is 5.92 Å². The van der Waals surface area contributed by atoms with Gasteiger partial charge in [0, 0.05) is 39.3 Å². The number of hydrogen-bond donors (Lipinski definition) is 1. The molecule has 0 radical (unpaired) electrons. The molecule has 2 heterocycles. The van der Waals surface area contributed by atoms with E-state index < -0.39 is 5.97 Å². The van der Waals surface area contributed by atoms with Crippen LogP contribution in [-0.2, 0) is 4.79 Å². The average molecular weight is 263 g/mol. The first-order valence-corrected chi connectivity index (χ1v) is 6.12. The van der Waals surface area contributed by atoms with E-state index in [0.717, 1.165) is 5.82 Å². The van der Waals surface area contributed by atoms with Gasteiger partial charge in [-0.2, -0.15) is 0 Å². The van der Waals surface area contributed by atoms with Crippen molar-refractivity contribution < 1.29 is 14.7 Å². The van der Waals surface area contributed by atoms with Gasteiger partial charge in [0.1, 0.15) is 5.82 Å². The Bertz CT molecular complexity index is 478. The summed E-state index contributed by atoms with van der Waals surface area (Å²) >= 11 is 0. The van der Waals surface area contributed by atoms with Gasteiger partial charge in [-0.05, 0) is 12.1 Å². The first kappa shape index (κ1) is 13.3. The molecular weight excluding hydrogens is 246 g/mol. The zero-order valence-electron chi connectivity index (χ0n) is 11.0. The smallest absolute Gasteiger partial charge is 0.303 e. The molecular formula is C13H17N3O3. The molecule has 102 valence electrons. The lowest BCUT2D eigenvalue weighted by molar-refractivity contribution is -0.138. The average Bonchev–Trinajstić information content (AvgIpc) is 2.32. The van der Waals surface area contributed by atoms with E-state index in [1.54, 1.807) is 32.4 Å². The summed E-state index contributed by atoms with van der Waals surface area (Å²) in [7, 11) is 3.39. The summed E-state index contributed by atoms with van der Waals surface area (Å²) in [5, 5.41) is 8.68. The molecule has 1 fully saturated rings. The van der Waals surface area contributed by atoms with Crippen molar-refractivity contribution >= 4 is 17.7 Å². The van der Waals surface area contributed by atoms with Crippen LogP contribution in [0.15, 0.2) is 18.3 Å². The van der Waals surface area contributed by atoms with Crippen LogP contribution in [0.4, 0.5) is 5.82 Å². The van der Waals surface area contributed by atoms with Gasteiger partial charge in [0.25, 0.3) is 5.91 Å². The molecule has 1 N–H and O–H groups in total. The molecule has 1 amide bonds. The van der Waals surface area contributed by atoms with Gasteiger partial charge in [0.2, 0.25) is 0 Å². The summed E-state index contributed by atoms with van der Waals surface area (Å²) in [4.78, 5) is 30.0. The van der Waals surface area contributed by atoms with E-state index in [-0.39, 0.29) is 18.2 Å². The minimum absolute atomic E-state index is 0.0774. The van der Waals surface area contributed by atoms with Gasteiger partial charge in [-0.3, -0.25) is 9.59 Å². The van der Waals surface area contributed by atoms with Crippen molar-refractivity contribution in [3.05, 3.63) is 23.9 Å². The van der Waals surface area contributed by atoms with E-state index in [9.17, 15) is 9.59 Å². The Kier molecular flexibility index (Phi) is 3.69. The fourth-order valence-electron chi connectivity index (χ4n) is 2.09. The highest BCUT2D eigenvalue weighted by molar-refractivity contribution is 5.93. The number of carbonyl (C=O) groups excluding carboxylic acids is 1. The fourth-order valence-corrected chi connectivity index (χ4v) is 2.09. The number of pyridine rings is 1. The highest BCUT2D eigenvalue weighted by Gasteiger charge is 2.29. The largest absolute Gasteiger partial charge is 0.481 e. The third-order valence-electron chi connectivity index (χ3n) is 3.15. The minimum Gasteiger partial charge on any atom is -0.481 e. The predicted octanol–water partition coefficient (Wildman–Crippen LogP) is 0.694. The molecule has 0 spiro atoms. The molecule has 6 nitrogen and oxygen atoms in total. The van der Waals surface area contributed by atoms with Crippen LogP contribution in [0.25, 0.3) is 0 Å². The quantitative estimate of drug-likeness (QED) is 0.865. The number of carboxylic acid groups (broad SMARTS) is 1. The zero-order valence-corrected chi connectivity index (χ0v) is 11.0. The molecule has 6 heteroatoms. The van der Waals surface area contributed by atoms with Crippen LogP contribution in [0.5, 0.6) is 0 Å². The maximum Gasteiger partial charge on any atom is 0.303 e. The van der Waals surface area contributed by atoms with Crippen molar-refractivity contribution in [1.29, 1.82) is 0 Å². The third kappa shape index (κ3) is 3.01. The fraction of sp³-hybridized carbons (Fsp3) is 0.462. The second-order valence-corrected chi connectivity index (χ2v) is 4.97. The van der Waals surface area contributed by atoms with Crippen molar-refractivity contribution in [3.8, 4) is 0 Å². The summed E-state index contributed by atoms with van der Waals surface area (Å²) in [5.74, 6) is 0.148. The Labute approximate surface area is 111 Å². The van der Waals surface area contributed by atoms with Crippen molar-refractivity contribution in [2.45, 2.75) is 6.42 Å². The van der Waals surface area contributed by atoms with Crippen molar-refractivity contribution in [3.63, 3.8) is 0 Å². The van der Waals surface area contributed by atoms with Crippen LogP contribution in [-0.4, -0.2) is 54.1 Å². The second kappa shape index (κ2) is 5.26. The van der Waals surface area contributed by atoms with Crippen molar-refractivity contribution in [2.75, 3.05) is 32.1 Å². The zero-order chi connectivity index (χ0) is 14.0. The van der Waals surface area contributed by atoms with Gasteiger partial charge >= 0.3 is 5.97 Å². The van der Waals surface area contributed by atoms with Gasteiger partial charge in [-0.25, -0.2) is 4.98 Å². The summed E-state index contributed by atoms with van der Waals surface area (Å²) in [6.07, 6.45) is 1.76. The maximum absolute atomic E-state index is 11.7. The first-order valence-electron chi connectivity index (χ1n) is 6.12. The normalized spacial score (nSPS) is 14.9. The Balaban J connectivity index is 1.94. The van der Waals surface area contributed by atoms with Crippen LogP contribution >= 0.6 is 0 Å². The van der Waals surface area contributed by atoms with Crippen molar-refractivity contribution in [1.82, 2.24) is 9.88 Å². The number of nitrogens with zero attached hydrogens (tertiary/aromatic N) is 3. The second-order valence-electron chi connectivity index (χ2n) is 4.97. The van der Waals surface area contributed by atoms with E-state index in [1.165, 1.54) is 4.90 Å². The lowest BCUT2D eigenvalue weighted by Crippen LogP contribution is -2.48. The standard InChI is InChI=1S/C13H17N3O3/c1-15(2)13(19)10-3-4-11(14-6-10)16-7-9(8-16)5-12(17)18/h3-4,6,9H,5,7-8H2,1-2H3,(H,17,18). The van der Waals surface area contributed by atoms with E-state index in [2.05, 4.69) is 4.98 Å². The SMILES string of the molecule is CN(C)C(=O)c1ccc(N2CC(CC(=O)O)C2)nc1. The summed E-state index contributed by atoms with van der Waals surface area (Å²) < 4.78 is 0. The van der Waals surface area contributed by atoms with Gasteiger partial charge in [0.05, 0.1) is 12.0 Å². The molecule has 2 rings (SSSR count). The van der Waals surface area contributed by atoms with Gasteiger partial charge in [0.15, 0.2) is 0 Å². The number of hydrogen-bond acceptors (Lipinski definition) is 4. The van der Waals surface area contributed by atoms with E-state index in [0.29, 0.717) is 18.7 Å². The molecule has 0 saturated carbocycles. The van der Waals surface area contributed by atoms with E-state index in [1.807, 2.05) is 4.90 Å². The van der Waals surface area contributed by atoms with Crippen molar-refractivity contribution in [2.24, 2.45) is 5.92 Å². The number of anilines is 1. The number of carbonyl (C=O) groups is 2. The summed E-state index contributed by atoms with van der Waals surface area (Å²) in [5.41, 5.74) is 0.552.